The van der Waals surface area contributed by atoms with Crippen LogP contribution in [-0.2, 0) is 9.93 Å². The predicted molar refractivity (Wildman–Crippen MR) is 70.4 cm³/mol. The van der Waals surface area contributed by atoms with E-state index < -0.39 is 0 Å². The van der Waals surface area contributed by atoms with Crippen molar-refractivity contribution in [3.05, 3.63) is 0 Å². The molecule has 0 fully saturated rings. The Bertz CT molecular complexity index is 194. The average molecular weight is 246 g/mol. The molecule has 17 heavy (non-hydrogen) atoms. The van der Waals surface area contributed by atoms with Gasteiger partial charge >= 0.3 is 0 Å². The molecule has 0 aromatic carbocycles. The summed E-state index contributed by atoms with van der Waals surface area (Å²) >= 11 is 0. The van der Waals surface area contributed by atoms with Crippen LogP contribution in [0, 0.1) is 29.6 Å². The summed E-state index contributed by atoms with van der Waals surface area (Å²) in [5.41, 5.74) is 0. The maximum Gasteiger partial charge on any atom is 0.101 e. The molecule has 0 heterocycles. The zero-order valence-corrected chi connectivity index (χ0v) is 12.4. The van der Waals surface area contributed by atoms with Crippen LogP contribution in [0.2, 0.25) is 0 Å². The normalized spacial score (nSPS) is 21.0. The molecule has 0 rings (SSSR count). The summed E-state index contributed by atoms with van der Waals surface area (Å²) in [5, 5.41) is 12.5. The number of hydrogen-bond donors (Lipinski definition) is 1. The van der Waals surface area contributed by atoms with E-state index in [1.807, 2.05) is 0 Å². The Morgan fingerprint density at radius 3 is 1.76 bits per heavy atom. The highest BCUT2D eigenvalue weighted by Gasteiger charge is 2.32. The predicted octanol–water partition coefficient (Wildman–Crippen LogP) is 4.39. The first-order valence-corrected chi connectivity index (χ1v) is 6.83. The highest BCUT2D eigenvalue weighted by atomic mass is 17.5. The number of hydrogen-bond acceptors (Lipinski definition) is 3. The van der Waals surface area contributed by atoms with Crippen LogP contribution in [0.15, 0.2) is 0 Å². The van der Waals surface area contributed by atoms with Crippen LogP contribution < -0.4 is 0 Å². The molecule has 0 spiro atoms. The molecular formula is C14H30O3. The first kappa shape index (κ1) is 16.9. The van der Waals surface area contributed by atoms with E-state index in [9.17, 15) is 0 Å². The fraction of sp³-hybridized carbons (Fsp3) is 1.00. The topological polar surface area (TPSA) is 38.7 Å². The van der Waals surface area contributed by atoms with Crippen molar-refractivity contribution in [2.45, 2.75) is 61.0 Å². The van der Waals surface area contributed by atoms with E-state index in [0.29, 0.717) is 29.6 Å². The van der Waals surface area contributed by atoms with E-state index in [-0.39, 0.29) is 6.10 Å². The van der Waals surface area contributed by atoms with E-state index in [1.54, 1.807) is 0 Å². The lowest BCUT2D eigenvalue weighted by molar-refractivity contribution is -0.514. The minimum atomic E-state index is -0.0544. The molecule has 3 nitrogen and oxygen atoms in total. The van der Waals surface area contributed by atoms with E-state index in [0.717, 1.165) is 6.42 Å². The quantitative estimate of drug-likeness (QED) is 0.510. The summed E-state index contributed by atoms with van der Waals surface area (Å²) in [4.78, 5) is 5.06. The standard InChI is InChI=1S/C14H30O3/c1-8-10(4)14(16-17-15)13(7)12(6)11(5)9(2)3/h9-15H,8H2,1-7H3. The zero-order valence-electron chi connectivity index (χ0n) is 12.4. The first-order valence-electron chi connectivity index (χ1n) is 6.83. The Balaban J connectivity index is 4.64. The molecule has 3 heteroatoms. The van der Waals surface area contributed by atoms with Gasteiger partial charge < -0.3 is 0 Å². The van der Waals surface area contributed by atoms with Gasteiger partial charge in [0.25, 0.3) is 0 Å². The molecule has 0 aliphatic rings. The van der Waals surface area contributed by atoms with Crippen molar-refractivity contribution >= 4 is 0 Å². The van der Waals surface area contributed by atoms with E-state index >= 15 is 0 Å². The Morgan fingerprint density at radius 2 is 1.41 bits per heavy atom. The van der Waals surface area contributed by atoms with Gasteiger partial charge in [-0.05, 0) is 29.6 Å². The third-order valence-electron chi connectivity index (χ3n) is 4.59. The molecule has 0 aromatic heterocycles. The van der Waals surface area contributed by atoms with Crippen molar-refractivity contribution in [3.8, 4) is 0 Å². The minimum Gasteiger partial charge on any atom is -0.221 e. The molecule has 0 saturated heterocycles. The Kier molecular flexibility index (Phi) is 8.01. The molecule has 0 bridgehead atoms. The summed E-state index contributed by atoms with van der Waals surface area (Å²) in [6, 6.07) is 0. The van der Waals surface area contributed by atoms with Crippen molar-refractivity contribution in [2.24, 2.45) is 29.6 Å². The molecule has 104 valence electrons. The second-order valence-electron chi connectivity index (χ2n) is 5.84. The Labute approximate surface area is 106 Å². The average Bonchev–Trinajstić information content (AvgIpc) is 2.32. The van der Waals surface area contributed by atoms with Crippen LogP contribution in [0.4, 0.5) is 0 Å². The fourth-order valence-electron chi connectivity index (χ4n) is 2.37. The van der Waals surface area contributed by atoms with E-state index in [4.69, 9.17) is 10.1 Å². The third kappa shape index (κ3) is 4.94. The van der Waals surface area contributed by atoms with Crippen LogP contribution >= 0.6 is 0 Å². The third-order valence-corrected chi connectivity index (χ3v) is 4.59. The summed E-state index contributed by atoms with van der Waals surface area (Å²) in [5.74, 6) is 2.54. The molecule has 5 atom stereocenters. The molecule has 5 unspecified atom stereocenters. The molecule has 0 radical (unpaired) electrons. The first-order chi connectivity index (χ1) is 7.86. The second-order valence-corrected chi connectivity index (χ2v) is 5.84. The van der Waals surface area contributed by atoms with Crippen molar-refractivity contribution in [1.82, 2.24) is 0 Å². The maximum atomic E-state index is 8.54. The van der Waals surface area contributed by atoms with E-state index in [2.05, 4.69) is 53.5 Å². The largest absolute Gasteiger partial charge is 0.221 e. The smallest absolute Gasteiger partial charge is 0.101 e. The summed E-state index contributed by atoms with van der Waals surface area (Å²) < 4.78 is 0. The summed E-state index contributed by atoms with van der Waals surface area (Å²) in [6.45, 7) is 15.5. The van der Waals surface area contributed by atoms with Crippen LogP contribution in [0.3, 0.4) is 0 Å². The molecule has 0 saturated carbocycles. The Hall–Kier alpha value is -0.120. The van der Waals surface area contributed by atoms with Gasteiger partial charge in [-0.25, -0.2) is 10.1 Å². The monoisotopic (exact) mass is 246 g/mol. The zero-order chi connectivity index (χ0) is 13.6. The SMILES string of the molecule is CCC(C)C(OOO)C(C)C(C)C(C)C(C)C. The lowest BCUT2D eigenvalue weighted by Crippen LogP contribution is -2.35. The van der Waals surface area contributed by atoms with Gasteiger partial charge in [-0.3, -0.25) is 0 Å². The number of rotatable bonds is 8. The van der Waals surface area contributed by atoms with Crippen LogP contribution in [-0.4, -0.2) is 11.4 Å². The Morgan fingerprint density at radius 1 is 0.882 bits per heavy atom. The summed E-state index contributed by atoms with van der Waals surface area (Å²) in [7, 11) is 0. The van der Waals surface area contributed by atoms with Crippen LogP contribution in [0.5, 0.6) is 0 Å². The molecule has 0 aliphatic heterocycles. The fourth-order valence-corrected chi connectivity index (χ4v) is 2.37. The van der Waals surface area contributed by atoms with Crippen LogP contribution in [0.1, 0.15) is 54.9 Å². The lowest BCUT2D eigenvalue weighted by atomic mass is 9.74. The van der Waals surface area contributed by atoms with Gasteiger partial charge in [0.2, 0.25) is 0 Å². The van der Waals surface area contributed by atoms with Crippen LogP contribution in [0.25, 0.3) is 0 Å². The van der Waals surface area contributed by atoms with Crippen molar-refractivity contribution in [1.29, 1.82) is 0 Å². The van der Waals surface area contributed by atoms with Crippen molar-refractivity contribution < 1.29 is 15.2 Å². The highest BCUT2D eigenvalue weighted by Crippen LogP contribution is 2.33. The minimum absolute atomic E-state index is 0.0544. The second kappa shape index (κ2) is 8.06. The van der Waals surface area contributed by atoms with Gasteiger partial charge in [0.1, 0.15) is 6.10 Å². The molecule has 1 N–H and O–H groups in total. The lowest BCUT2D eigenvalue weighted by Gasteiger charge is -2.35. The van der Waals surface area contributed by atoms with Gasteiger partial charge in [-0.15, -0.1) is 0 Å². The molecular weight excluding hydrogens is 216 g/mol. The van der Waals surface area contributed by atoms with Gasteiger partial charge in [-0.1, -0.05) is 59.9 Å². The van der Waals surface area contributed by atoms with Gasteiger partial charge in [0, 0.05) is 0 Å². The van der Waals surface area contributed by atoms with Gasteiger partial charge in [-0.2, -0.15) is 0 Å². The van der Waals surface area contributed by atoms with Crippen molar-refractivity contribution in [3.63, 3.8) is 0 Å². The molecule has 0 aromatic rings. The van der Waals surface area contributed by atoms with Gasteiger partial charge in [0.05, 0.1) is 0 Å². The maximum absolute atomic E-state index is 8.54. The van der Waals surface area contributed by atoms with E-state index in [1.165, 1.54) is 0 Å². The molecule has 0 aliphatic carbocycles. The highest BCUT2D eigenvalue weighted by molar-refractivity contribution is 4.79. The molecule has 0 amide bonds. The van der Waals surface area contributed by atoms with Crippen molar-refractivity contribution in [2.75, 3.05) is 0 Å². The summed E-state index contributed by atoms with van der Waals surface area (Å²) in [6.07, 6.45) is 0.961. The van der Waals surface area contributed by atoms with Gasteiger partial charge in [0.15, 0.2) is 0 Å².